The first-order valence-electron chi connectivity index (χ1n) is 5.74. The molecule has 0 aliphatic carbocycles. The van der Waals surface area contributed by atoms with E-state index in [1.54, 1.807) is 31.3 Å². The third-order valence-electron chi connectivity index (χ3n) is 2.71. The van der Waals surface area contributed by atoms with Crippen LogP contribution in [0.25, 0.3) is 0 Å². The number of imidazole rings is 1. The summed E-state index contributed by atoms with van der Waals surface area (Å²) in [6.45, 7) is -0.439. The molecule has 0 aliphatic heterocycles. The summed E-state index contributed by atoms with van der Waals surface area (Å²) in [4.78, 5) is 28.4. The van der Waals surface area contributed by atoms with Gasteiger partial charge in [0.25, 0.3) is 5.91 Å². The number of anilines is 1. The Bertz CT molecular complexity index is 637. The Kier molecular flexibility index (Phi) is 4.05. The quantitative estimate of drug-likeness (QED) is 0.933. The Balaban J connectivity index is 2.37. The van der Waals surface area contributed by atoms with Crippen molar-refractivity contribution in [1.82, 2.24) is 9.55 Å². The van der Waals surface area contributed by atoms with Gasteiger partial charge in [-0.05, 0) is 24.3 Å². The first kappa shape index (κ1) is 14.1. The van der Waals surface area contributed by atoms with Crippen LogP contribution in [0.3, 0.4) is 0 Å². The van der Waals surface area contributed by atoms with E-state index in [1.165, 1.54) is 17.1 Å². The monoisotopic (exact) mass is 293 g/mol. The molecule has 0 fully saturated rings. The summed E-state index contributed by atoms with van der Waals surface area (Å²) in [5.74, 6) is -1.54. The van der Waals surface area contributed by atoms with E-state index < -0.39 is 18.4 Å². The lowest BCUT2D eigenvalue weighted by molar-refractivity contribution is -0.135. The van der Waals surface area contributed by atoms with Crippen molar-refractivity contribution in [2.45, 2.75) is 0 Å². The predicted molar refractivity (Wildman–Crippen MR) is 74.0 cm³/mol. The molecule has 1 aromatic carbocycles. The van der Waals surface area contributed by atoms with Crippen LogP contribution in [-0.2, 0) is 11.8 Å². The summed E-state index contributed by atoms with van der Waals surface area (Å²) in [5, 5.41) is 9.48. The molecule has 0 spiro atoms. The van der Waals surface area contributed by atoms with E-state index in [1.807, 2.05) is 0 Å². The van der Waals surface area contributed by atoms with E-state index in [0.717, 1.165) is 4.90 Å². The van der Waals surface area contributed by atoms with Gasteiger partial charge in [0.15, 0.2) is 0 Å². The van der Waals surface area contributed by atoms with Gasteiger partial charge in [0, 0.05) is 17.8 Å². The Labute approximate surface area is 120 Å². The largest absolute Gasteiger partial charge is 0.480 e. The maximum Gasteiger partial charge on any atom is 0.323 e. The molecule has 20 heavy (non-hydrogen) atoms. The molecule has 6 nitrogen and oxygen atoms in total. The fourth-order valence-corrected chi connectivity index (χ4v) is 1.86. The lowest BCUT2D eigenvalue weighted by Gasteiger charge is -2.20. The standard InChI is InChI=1S/C13H12ClN3O3/c1-16-8-15-6-11(16)13(20)17(7-12(18)19)10-4-2-9(14)3-5-10/h2-6,8H,7H2,1H3,(H,18,19). The van der Waals surface area contributed by atoms with Crippen molar-refractivity contribution >= 4 is 29.2 Å². The zero-order valence-electron chi connectivity index (χ0n) is 10.7. The van der Waals surface area contributed by atoms with Crippen LogP contribution in [0.2, 0.25) is 5.02 Å². The number of carboxylic acid groups (broad SMARTS) is 1. The molecule has 0 aliphatic rings. The van der Waals surface area contributed by atoms with Gasteiger partial charge in [-0.1, -0.05) is 11.6 Å². The van der Waals surface area contributed by atoms with Crippen LogP contribution < -0.4 is 4.90 Å². The highest BCUT2D eigenvalue weighted by atomic mass is 35.5. The number of carbonyl (C=O) groups is 2. The van der Waals surface area contributed by atoms with Crippen LogP contribution in [0.5, 0.6) is 0 Å². The molecule has 104 valence electrons. The second-order valence-corrected chi connectivity index (χ2v) is 4.59. The van der Waals surface area contributed by atoms with Gasteiger partial charge in [-0.15, -0.1) is 0 Å². The summed E-state index contributed by atoms with van der Waals surface area (Å²) >= 11 is 5.79. The van der Waals surface area contributed by atoms with E-state index >= 15 is 0 Å². The van der Waals surface area contributed by atoms with Gasteiger partial charge in [-0.25, -0.2) is 4.98 Å². The number of benzene rings is 1. The number of rotatable bonds is 4. The summed E-state index contributed by atoms with van der Waals surface area (Å²) in [6, 6.07) is 6.39. The molecule has 0 atom stereocenters. The van der Waals surface area contributed by atoms with Gasteiger partial charge in [-0.2, -0.15) is 0 Å². The van der Waals surface area contributed by atoms with Crippen molar-refractivity contribution in [3.63, 3.8) is 0 Å². The van der Waals surface area contributed by atoms with E-state index in [0.29, 0.717) is 16.4 Å². The Hall–Kier alpha value is -2.34. The van der Waals surface area contributed by atoms with Crippen molar-refractivity contribution in [2.24, 2.45) is 7.05 Å². The van der Waals surface area contributed by atoms with Crippen LogP contribution in [0.1, 0.15) is 10.5 Å². The fraction of sp³-hybridized carbons (Fsp3) is 0.154. The minimum atomic E-state index is -1.10. The number of halogens is 1. The maximum absolute atomic E-state index is 12.4. The Morgan fingerprint density at radius 2 is 2.00 bits per heavy atom. The van der Waals surface area contributed by atoms with Gasteiger partial charge in [0.2, 0.25) is 0 Å². The molecular formula is C13H12ClN3O3. The number of amides is 1. The third-order valence-corrected chi connectivity index (χ3v) is 2.96. The minimum absolute atomic E-state index is 0.307. The number of aromatic nitrogens is 2. The average molecular weight is 294 g/mol. The first-order valence-corrected chi connectivity index (χ1v) is 6.12. The number of hydrogen-bond donors (Lipinski definition) is 1. The van der Waals surface area contributed by atoms with Crippen molar-refractivity contribution in [3.05, 3.63) is 47.5 Å². The lowest BCUT2D eigenvalue weighted by Crippen LogP contribution is -2.36. The maximum atomic E-state index is 12.4. The zero-order valence-corrected chi connectivity index (χ0v) is 11.4. The van der Waals surface area contributed by atoms with Gasteiger partial charge in [0.05, 0.1) is 12.5 Å². The minimum Gasteiger partial charge on any atom is -0.480 e. The van der Waals surface area contributed by atoms with Gasteiger partial charge >= 0.3 is 5.97 Å². The van der Waals surface area contributed by atoms with Crippen LogP contribution in [0, 0.1) is 0 Å². The topological polar surface area (TPSA) is 75.4 Å². The van der Waals surface area contributed by atoms with E-state index in [-0.39, 0.29) is 0 Å². The highest BCUT2D eigenvalue weighted by molar-refractivity contribution is 6.30. The predicted octanol–water partition coefficient (Wildman–Crippen LogP) is 1.80. The molecule has 0 saturated heterocycles. The van der Waals surface area contributed by atoms with Crippen molar-refractivity contribution in [1.29, 1.82) is 0 Å². The molecule has 0 saturated carbocycles. The Morgan fingerprint density at radius 3 is 2.50 bits per heavy atom. The van der Waals surface area contributed by atoms with Gasteiger partial charge in [0.1, 0.15) is 12.2 Å². The second-order valence-electron chi connectivity index (χ2n) is 4.15. The number of aliphatic carboxylic acids is 1. The average Bonchev–Trinajstić information content (AvgIpc) is 2.82. The number of carboxylic acids is 1. The van der Waals surface area contributed by atoms with Crippen molar-refractivity contribution in [2.75, 3.05) is 11.4 Å². The number of nitrogens with zero attached hydrogens (tertiary/aromatic N) is 3. The number of carbonyl (C=O) groups excluding carboxylic acids is 1. The zero-order chi connectivity index (χ0) is 14.7. The molecule has 2 rings (SSSR count). The lowest BCUT2D eigenvalue weighted by atomic mass is 10.2. The highest BCUT2D eigenvalue weighted by Gasteiger charge is 2.22. The number of hydrogen-bond acceptors (Lipinski definition) is 3. The molecule has 1 aromatic heterocycles. The molecule has 0 bridgehead atoms. The van der Waals surface area contributed by atoms with E-state index in [4.69, 9.17) is 16.7 Å². The van der Waals surface area contributed by atoms with Crippen LogP contribution in [0.4, 0.5) is 5.69 Å². The highest BCUT2D eigenvalue weighted by Crippen LogP contribution is 2.20. The fourth-order valence-electron chi connectivity index (χ4n) is 1.74. The molecule has 1 N–H and O–H groups in total. The molecule has 7 heteroatoms. The molecule has 2 aromatic rings. The summed E-state index contributed by atoms with van der Waals surface area (Å²) < 4.78 is 1.53. The SMILES string of the molecule is Cn1cncc1C(=O)N(CC(=O)O)c1ccc(Cl)cc1. The number of aryl methyl sites for hydroxylation is 1. The molecule has 0 unspecified atom stereocenters. The summed E-state index contributed by atoms with van der Waals surface area (Å²) in [5.41, 5.74) is 0.768. The molecule has 0 radical (unpaired) electrons. The van der Waals surface area contributed by atoms with Crippen molar-refractivity contribution in [3.8, 4) is 0 Å². The molecule has 1 amide bonds. The van der Waals surface area contributed by atoms with Gasteiger partial charge in [-0.3, -0.25) is 14.5 Å². The van der Waals surface area contributed by atoms with Crippen LogP contribution >= 0.6 is 11.6 Å². The molecule has 1 heterocycles. The Morgan fingerprint density at radius 1 is 1.35 bits per heavy atom. The summed E-state index contributed by atoms with van der Waals surface area (Å²) in [6.07, 6.45) is 2.88. The molecular weight excluding hydrogens is 282 g/mol. The first-order chi connectivity index (χ1) is 9.49. The van der Waals surface area contributed by atoms with Gasteiger partial charge < -0.3 is 9.67 Å². The van der Waals surface area contributed by atoms with E-state index in [9.17, 15) is 9.59 Å². The van der Waals surface area contributed by atoms with Crippen LogP contribution in [-0.4, -0.2) is 33.1 Å². The van der Waals surface area contributed by atoms with E-state index in [2.05, 4.69) is 4.98 Å². The third kappa shape index (κ3) is 2.97. The normalized spacial score (nSPS) is 10.3. The summed E-state index contributed by atoms with van der Waals surface area (Å²) in [7, 11) is 1.67. The van der Waals surface area contributed by atoms with Crippen LogP contribution in [0.15, 0.2) is 36.8 Å². The van der Waals surface area contributed by atoms with Crippen molar-refractivity contribution < 1.29 is 14.7 Å². The second kappa shape index (κ2) is 5.75. The smallest absolute Gasteiger partial charge is 0.323 e.